The minimum absolute atomic E-state index is 0.0565. The van der Waals surface area contributed by atoms with Crippen molar-refractivity contribution >= 4 is 39.0 Å². The van der Waals surface area contributed by atoms with Crippen molar-refractivity contribution in [3.8, 4) is 0 Å². The van der Waals surface area contributed by atoms with Gasteiger partial charge in [0.1, 0.15) is 0 Å². The molecule has 1 aromatic heterocycles. The zero-order valence-electron chi connectivity index (χ0n) is 12.9. The number of rotatable bonds is 4. The zero-order chi connectivity index (χ0) is 17.0. The Hall–Kier alpha value is -2.26. The monoisotopic (exact) mass is 351 g/mol. The van der Waals surface area contributed by atoms with Gasteiger partial charge in [-0.2, -0.15) is 0 Å². The van der Waals surface area contributed by atoms with E-state index in [4.69, 9.17) is 12.2 Å². The number of hydrogen-bond donors (Lipinski definition) is 3. The van der Waals surface area contributed by atoms with E-state index in [1.54, 1.807) is 39.1 Å². The Labute approximate surface area is 140 Å². The van der Waals surface area contributed by atoms with E-state index in [0.29, 0.717) is 22.2 Å². The zero-order valence-corrected chi connectivity index (χ0v) is 14.5. The molecule has 0 atom stereocenters. The summed E-state index contributed by atoms with van der Waals surface area (Å²) in [5.74, 6) is 0.0565. The molecule has 0 radical (unpaired) electrons. The fourth-order valence-electron chi connectivity index (χ4n) is 1.86. The Morgan fingerprint density at radius 1 is 1.09 bits per heavy atom. The number of aryl methyl sites for hydroxylation is 2. The standard InChI is InChI=1S/C14H17N5O2S2/c1-9-8-10(2)17-13(16-9)19-23(20,21)12-6-4-11(5-7-12)18-14(22)15-3/h4-8H,1-3H3,(H2,15,18,22)(H,16,17,19). The first-order chi connectivity index (χ1) is 10.8. The van der Waals surface area contributed by atoms with E-state index in [-0.39, 0.29) is 10.8 Å². The van der Waals surface area contributed by atoms with Gasteiger partial charge in [0, 0.05) is 24.1 Å². The van der Waals surface area contributed by atoms with Crippen molar-refractivity contribution in [2.24, 2.45) is 0 Å². The maximum absolute atomic E-state index is 12.4. The number of hydrogen-bond acceptors (Lipinski definition) is 5. The van der Waals surface area contributed by atoms with Crippen molar-refractivity contribution in [3.63, 3.8) is 0 Å². The lowest BCUT2D eigenvalue weighted by Gasteiger charge is -2.10. The Kier molecular flexibility index (Phi) is 5.12. The predicted molar refractivity (Wildman–Crippen MR) is 94.0 cm³/mol. The fraction of sp³-hybridized carbons (Fsp3) is 0.214. The average Bonchev–Trinajstić information content (AvgIpc) is 2.46. The molecule has 0 amide bonds. The van der Waals surface area contributed by atoms with Crippen LogP contribution < -0.4 is 15.4 Å². The summed E-state index contributed by atoms with van der Waals surface area (Å²) in [5, 5.41) is 6.14. The van der Waals surface area contributed by atoms with E-state index in [1.165, 1.54) is 12.1 Å². The molecule has 0 unspecified atom stereocenters. The molecule has 0 spiro atoms. The van der Waals surface area contributed by atoms with E-state index in [1.807, 2.05) is 0 Å². The van der Waals surface area contributed by atoms with Crippen LogP contribution in [0.25, 0.3) is 0 Å². The molecule has 3 N–H and O–H groups in total. The topological polar surface area (TPSA) is 96.0 Å². The number of nitrogens with zero attached hydrogens (tertiary/aromatic N) is 2. The van der Waals surface area contributed by atoms with Gasteiger partial charge in [-0.15, -0.1) is 0 Å². The molecule has 2 aromatic rings. The maximum atomic E-state index is 12.4. The smallest absolute Gasteiger partial charge is 0.264 e. The second-order valence-corrected chi connectivity index (χ2v) is 6.90. The summed E-state index contributed by atoms with van der Waals surface area (Å²) in [6.07, 6.45) is 0. The number of aromatic nitrogens is 2. The molecule has 2 rings (SSSR count). The minimum atomic E-state index is -3.75. The van der Waals surface area contributed by atoms with Crippen LogP contribution in [0.4, 0.5) is 11.6 Å². The van der Waals surface area contributed by atoms with Crippen LogP contribution in [-0.2, 0) is 10.0 Å². The molecule has 0 bridgehead atoms. The largest absolute Gasteiger partial charge is 0.366 e. The van der Waals surface area contributed by atoms with Crippen molar-refractivity contribution in [2.75, 3.05) is 17.1 Å². The van der Waals surface area contributed by atoms with Crippen LogP contribution in [0.1, 0.15) is 11.4 Å². The van der Waals surface area contributed by atoms with Crippen LogP contribution in [0.15, 0.2) is 35.2 Å². The van der Waals surface area contributed by atoms with Gasteiger partial charge in [0.05, 0.1) is 4.90 Å². The number of anilines is 2. The number of thiocarbonyl (C=S) groups is 1. The molecule has 0 aliphatic carbocycles. The summed E-state index contributed by atoms with van der Waals surface area (Å²) in [5.41, 5.74) is 2.07. The normalized spacial score (nSPS) is 10.9. The van der Waals surface area contributed by atoms with Crippen LogP contribution in [0, 0.1) is 13.8 Å². The molecule has 9 heteroatoms. The molecule has 1 heterocycles. The Bertz CT molecular complexity index is 799. The summed E-state index contributed by atoms with van der Waals surface area (Å²) in [4.78, 5) is 8.26. The van der Waals surface area contributed by atoms with Gasteiger partial charge in [0.2, 0.25) is 5.95 Å². The molecular formula is C14H17N5O2S2. The Morgan fingerprint density at radius 3 is 2.17 bits per heavy atom. The summed E-state index contributed by atoms with van der Waals surface area (Å²) >= 11 is 4.99. The fourth-order valence-corrected chi connectivity index (χ4v) is 2.92. The summed E-state index contributed by atoms with van der Waals surface area (Å²) < 4.78 is 27.1. The molecule has 0 saturated heterocycles. The molecule has 0 saturated carbocycles. The van der Waals surface area contributed by atoms with Gasteiger partial charge in [0.15, 0.2) is 5.11 Å². The van der Waals surface area contributed by atoms with Crippen LogP contribution in [-0.4, -0.2) is 30.5 Å². The summed E-state index contributed by atoms with van der Waals surface area (Å²) in [6, 6.07) is 7.97. The first kappa shape index (κ1) is 17.1. The first-order valence-electron chi connectivity index (χ1n) is 6.74. The van der Waals surface area contributed by atoms with E-state index >= 15 is 0 Å². The Balaban J connectivity index is 2.20. The third-order valence-corrected chi connectivity index (χ3v) is 4.51. The SMILES string of the molecule is CNC(=S)Nc1ccc(S(=O)(=O)Nc2nc(C)cc(C)n2)cc1. The van der Waals surface area contributed by atoms with Gasteiger partial charge < -0.3 is 10.6 Å². The van der Waals surface area contributed by atoms with Crippen molar-refractivity contribution in [2.45, 2.75) is 18.7 Å². The van der Waals surface area contributed by atoms with Crippen molar-refractivity contribution in [1.82, 2.24) is 15.3 Å². The summed E-state index contributed by atoms with van der Waals surface area (Å²) in [6.45, 7) is 3.55. The van der Waals surface area contributed by atoms with E-state index in [0.717, 1.165) is 0 Å². The molecule has 0 aliphatic heterocycles. The molecule has 1 aromatic carbocycles. The van der Waals surface area contributed by atoms with Gasteiger partial charge >= 0.3 is 0 Å². The number of sulfonamides is 1. The van der Waals surface area contributed by atoms with E-state index in [2.05, 4.69) is 25.3 Å². The highest BCUT2D eigenvalue weighted by atomic mass is 32.2. The van der Waals surface area contributed by atoms with Gasteiger partial charge in [-0.3, -0.25) is 0 Å². The van der Waals surface area contributed by atoms with E-state index < -0.39 is 10.0 Å². The number of nitrogens with one attached hydrogen (secondary N) is 3. The van der Waals surface area contributed by atoms with Crippen LogP contribution in [0.3, 0.4) is 0 Å². The lowest BCUT2D eigenvalue weighted by molar-refractivity contribution is 0.601. The second kappa shape index (κ2) is 6.88. The van der Waals surface area contributed by atoms with Gasteiger partial charge in [-0.25, -0.2) is 23.1 Å². The van der Waals surface area contributed by atoms with Crippen molar-refractivity contribution < 1.29 is 8.42 Å². The third kappa shape index (κ3) is 4.60. The molecule has 23 heavy (non-hydrogen) atoms. The number of benzene rings is 1. The van der Waals surface area contributed by atoms with Gasteiger partial charge in [-0.1, -0.05) is 0 Å². The van der Waals surface area contributed by atoms with Crippen molar-refractivity contribution in [3.05, 3.63) is 41.7 Å². The molecule has 0 fully saturated rings. The molecular weight excluding hydrogens is 334 g/mol. The van der Waals surface area contributed by atoms with Crippen LogP contribution >= 0.6 is 12.2 Å². The average molecular weight is 351 g/mol. The van der Waals surface area contributed by atoms with Gasteiger partial charge in [0.25, 0.3) is 10.0 Å². The molecule has 0 aliphatic rings. The first-order valence-corrected chi connectivity index (χ1v) is 8.63. The maximum Gasteiger partial charge on any atom is 0.264 e. The third-order valence-electron chi connectivity index (χ3n) is 2.86. The quantitative estimate of drug-likeness (QED) is 0.723. The lowest BCUT2D eigenvalue weighted by Crippen LogP contribution is -2.24. The van der Waals surface area contributed by atoms with Crippen molar-refractivity contribution in [1.29, 1.82) is 0 Å². The van der Waals surface area contributed by atoms with E-state index in [9.17, 15) is 8.42 Å². The van der Waals surface area contributed by atoms with Gasteiger partial charge in [-0.05, 0) is 56.4 Å². The van der Waals surface area contributed by atoms with Crippen LogP contribution in [0.5, 0.6) is 0 Å². The highest BCUT2D eigenvalue weighted by molar-refractivity contribution is 7.92. The highest BCUT2D eigenvalue weighted by Gasteiger charge is 2.16. The second-order valence-electron chi connectivity index (χ2n) is 4.81. The lowest BCUT2D eigenvalue weighted by atomic mass is 10.3. The molecule has 122 valence electrons. The summed E-state index contributed by atoms with van der Waals surface area (Å²) in [7, 11) is -2.05. The Morgan fingerprint density at radius 2 is 1.65 bits per heavy atom. The molecule has 7 nitrogen and oxygen atoms in total. The minimum Gasteiger partial charge on any atom is -0.366 e. The van der Waals surface area contributed by atoms with Crippen LogP contribution in [0.2, 0.25) is 0 Å². The predicted octanol–water partition coefficient (Wildman–Crippen LogP) is 1.81. The highest BCUT2D eigenvalue weighted by Crippen LogP contribution is 2.17.